The Morgan fingerprint density at radius 1 is 1.00 bits per heavy atom. The van der Waals surface area contributed by atoms with Crippen molar-refractivity contribution in [1.29, 1.82) is 0 Å². The number of carbonyl (C=O) groups excluding carboxylic acids is 2. The molecule has 142 valence electrons. The van der Waals surface area contributed by atoms with Crippen LogP contribution in [0.5, 0.6) is 11.5 Å². The Balaban J connectivity index is 1.61. The Hall–Kier alpha value is -2.88. The summed E-state index contributed by atoms with van der Waals surface area (Å²) in [6, 6.07) is 12.0. The molecule has 0 aliphatic carbocycles. The van der Waals surface area contributed by atoms with Gasteiger partial charge in [0.05, 0.1) is 5.56 Å². The smallest absolute Gasteiger partial charge is 0.446 e. The van der Waals surface area contributed by atoms with Crippen LogP contribution in [0, 0.1) is 0 Å². The lowest BCUT2D eigenvalue weighted by atomic mass is 10.2. The molecule has 1 unspecified atom stereocenters. The quantitative estimate of drug-likeness (QED) is 0.614. The Bertz CT molecular complexity index is 860. The molecule has 0 saturated carbocycles. The number of rotatable bonds is 3. The third-order valence-electron chi connectivity index (χ3n) is 3.46. The van der Waals surface area contributed by atoms with Gasteiger partial charge in [-0.3, -0.25) is 20.4 Å². The van der Waals surface area contributed by atoms with Crippen molar-refractivity contribution in [3.63, 3.8) is 0 Å². The highest BCUT2D eigenvalue weighted by Crippen LogP contribution is 2.38. The van der Waals surface area contributed by atoms with Crippen LogP contribution in [0.4, 0.5) is 13.2 Å². The van der Waals surface area contributed by atoms with Gasteiger partial charge in [-0.15, -0.1) is 0 Å². The zero-order chi connectivity index (χ0) is 19.4. The van der Waals surface area contributed by atoms with Crippen molar-refractivity contribution < 1.29 is 32.2 Å². The van der Waals surface area contributed by atoms with E-state index in [-0.39, 0.29) is 17.1 Å². The molecule has 0 fully saturated rings. The predicted molar refractivity (Wildman–Crippen MR) is 90.3 cm³/mol. The molecule has 0 saturated heterocycles. The molecule has 1 heterocycles. The highest BCUT2D eigenvalue weighted by molar-refractivity contribution is 8.00. The third-order valence-corrected chi connectivity index (χ3v) is 4.26. The topological polar surface area (TPSA) is 76.7 Å². The van der Waals surface area contributed by atoms with Crippen LogP contribution >= 0.6 is 11.8 Å². The van der Waals surface area contributed by atoms with Gasteiger partial charge in [-0.05, 0) is 36.0 Å². The number of hydrogen-bond acceptors (Lipinski definition) is 5. The van der Waals surface area contributed by atoms with E-state index in [1.807, 2.05) is 0 Å². The van der Waals surface area contributed by atoms with Gasteiger partial charge in [-0.1, -0.05) is 24.3 Å². The minimum absolute atomic E-state index is 0.0702. The number of thioether (sulfide) groups is 1. The van der Waals surface area contributed by atoms with Crippen LogP contribution in [0.25, 0.3) is 0 Å². The summed E-state index contributed by atoms with van der Waals surface area (Å²) in [4.78, 5) is 24.0. The van der Waals surface area contributed by atoms with Gasteiger partial charge >= 0.3 is 5.51 Å². The van der Waals surface area contributed by atoms with Gasteiger partial charge in [0.1, 0.15) is 6.61 Å². The summed E-state index contributed by atoms with van der Waals surface area (Å²) in [5, 5.41) is 0. The molecule has 3 rings (SSSR count). The van der Waals surface area contributed by atoms with Gasteiger partial charge in [-0.25, -0.2) is 0 Å². The first-order valence-electron chi connectivity index (χ1n) is 7.67. The highest BCUT2D eigenvalue weighted by Gasteiger charge is 2.32. The second-order valence-electron chi connectivity index (χ2n) is 5.35. The maximum Gasteiger partial charge on any atom is 0.446 e. The molecule has 27 heavy (non-hydrogen) atoms. The molecule has 0 radical (unpaired) electrons. The van der Waals surface area contributed by atoms with Crippen molar-refractivity contribution >= 4 is 23.6 Å². The summed E-state index contributed by atoms with van der Waals surface area (Å²) >= 11 is -0.408. The van der Waals surface area contributed by atoms with E-state index in [0.717, 1.165) is 0 Å². The lowest BCUT2D eigenvalue weighted by molar-refractivity contribution is -0.131. The van der Waals surface area contributed by atoms with Crippen LogP contribution in [0.1, 0.15) is 10.4 Å². The highest BCUT2D eigenvalue weighted by atomic mass is 32.2. The molecule has 10 heteroatoms. The normalized spacial score (nSPS) is 15.7. The summed E-state index contributed by atoms with van der Waals surface area (Å²) in [6.45, 7) is -0.0702. The van der Waals surface area contributed by atoms with Gasteiger partial charge in [0.25, 0.3) is 11.8 Å². The lowest BCUT2D eigenvalue weighted by Gasteiger charge is -2.25. The van der Waals surface area contributed by atoms with Gasteiger partial charge in [-0.2, -0.15) is 13.2 Å². The number of halogens is 3. The molecule has 1 aliphatic rings. The number of hydrazine groups is 1. The molecular formula is C17H13F3N2O4S. The average Bonchev–Trinajstić information content (AvgIpc) is 2.64. The largest absolute Gasteiger partial charge is 0.485 e. The fraction of sp³-hybridized carbons (Fsp3) is 0.176. The van der Waals surface area contributed by atoms with E-state index >= 15 is 0 Å². The molecule has 2 aromatic rings. The molecule has 2 amide bonds. The number of hydrogen-bond donors (Lipinski definition) is 2. The van der Waals surface area contributed by atoms with Crippen molar-refractivity contribution in [2.75, 3.05) is 6.61 Å². The van der Waals surface area contributed by atoms with Crippen LogP contribution in [-0.4, -0.2) is 30.0 Å². The van der Waals surface area contributed by atoms with E-state index in [1.54, 1.807) is 24.3 Å². The number of alkyl halides is 3. The number of para-hydroxylation sites is 2. The van der Waals surface area contributed by atoms with E-state index in [2.05, 4.69) is 10.9 Å². The zero-order valence-electron chi connectivity index (χ0n) is 13.6. The van der Waals surface area contributed by atoms with Gasteiger partial charge in [0.2, 0.25) is 6.10 Å². The third kappa shape index (κ3) is 4.85. The molecule has 0 spiro atoms. The molecular weight excluding hydrogens is 385 g/mol. The van der Waals surface area contributed by atoms with Gasteiger partial charge < -0.3 is 9.47 Å². The van der Waals surface area contributed by atoms with Crippen molar-refractivity contribution in [1.82, 2.24) is 10.9 Å². The van der Waals surface area contributed by atoms with Crippen molar-refractivity contribution in [3.8, 4) is 11.5 Å². The van der Waals surface area contributed by atoms with Crippen LogP contribution in [0.15, 0.2) is 53.4 Å². The first-order valence-corrected chi connectivity index (χ1v) is 8.48. The first kappa shape index (κ1) is 18.9. The maximum atomic E-state index is 12.6. The Morgan fingerprint density at radius 2 is 1.67 bits per heavy atom. The van der Waals surface area contributed by atoms with Crippen LogP contribution < -0.4 is 20.3 Å². The fourth-order valence-electron chi connectivity index (χ4n) is 2.28. The van der Waals surface area contributed by atoms with E-state index in [9.17, 15) is 22.8 Å². The fourth-order valence-corrected chi connectivity index (χ4v) is 2.95. The number of carbonyl (C=O) groups is 2. The second kappa shape index (κ2) is 7.78. The summed E-state index contributed by atoms with van der Waals surface area (Å²) < 4.78 is 48.7. The minimum atomic E-state index is -4.54. The Labute approximate surface area is 156 Å². The number of benzene rings is 2. The molecule has 0 bridgehead atoms. The van der Waals surface area contributed by atoms with Crippen LogP contribution in [0.2, 0.25) is 0 Å². The van der Waals surface area contributed by atoms with E-state index in [0.29, 0.717) is 11.5 Å². The lowest BCUT2D eigenvalue weighted by Crippen LogP contribution is -2.50. The number of ether oxygens (including phenoxy) is 2. The van der Waals surface area contributed by atoms with Gasteiger partial charge in [0, 0.05) is 4.90 Å². The minimum Gasteiger partial charge on any atom is -0.485 e. The standard InChI is InChI=1S/C17H13F3N2O4S/c18-17(19,20)27-14-8-4-1-5-10(14)15(23)21-22-16(24)13-9-25-11-6-2-3-7-12(11)26-13/h1-8,13H,9H2,(H,21,23)(H,22,24). The average molecular weight is 398 g/mol. The van der Waals surface area contributed by atoms with E-state index in [4.69, 9.17) is 9.47 Å². The zero-order valence-corrected chi connectivity index (χ0v) is 14.4. The SMILES string of the molecule is O=C(NNC(=O)C1COc2ccccc2O1)c1ccccc1SC(F)(F)F. The van der Waals surface area contributed by atoms with E-state index in [1.165, 1.54) is 24.3 Å². The summed E-state index contributed by atoms with van der Waals surface area (Å²) in [5.74, 6) is -0.711. The second-order valence-corrected chi connectivity index (χ2v) is 6.46. The number of amides is 2. The molecule has 2 N–H and O–H groups in total. The number of nitrogens with one attached hydrogen (secondary N) is 2. The number of fused-ring (bicyclic) bond motifs is 1. The Kier molecular flexibility index (Phi) is 5.45. The summed E-state index contributed by atoms with van der Waals surface area (Å²) in [5.41, 5.74) is -0.529. The maximum absolute atomic E-state index is 12.6. The summed E-state index contributed by atoms with van der Waals surface area (Å²) in [7, 11) is 0. The Morgan fingerprint density at radius 3 is 2.41 bits per heavy atom. The van der Waals surface area contributed by atoms with Crippen LogP contribution in [0.3, 0.4) is 0 Å². The molecule has 2 aromatic carbocycles. The van der Waals surface area contributed by atoms with Gasteiger partial charge in [0.15, 0.2) is 11.5 Å². The molecule has 6 nitrogen and oxygen atoms in total. The predicted octanol–water partition coefficient (Wildman–Crippen LogP) is 2.90. The van der Waals surface area contributed by atoms with Crippen molar-refractivity contribution in [3.05, 3.63) is 54.1 Å². The van der Waals surface area contributed by atoms with Crippen LogP contribution in [-0.2, 0) is 4.79 Å². The first-order chi connectivity index (χ1) is 12.8. The summed E-state index contributed by atoms with van der Waals surface area (Å²) in [6.07, 6.45) is -1.01. The molecule has 1 atom stereocenters. The molecule has 0 aromatic heterocycles. The van der Waals surface area contributed by atoms with Crippen molar-refractivity contribution in [2.45, 2.75) is 16.5 Å². The van der Waals surface area contributed by atoms with E-state index < -0.39 is 35.2 Å². The van der Waals surface area contributed by atoms with Crippen molar-refractivity contribution in [2.24, 2.45) is 0 Å². The monoisotopic (exact) mass is 398 g/mol. The molecule has 1 aliphatic heterocycles.